The molecule has 1 atom stereocenters. The molecule has 0 aromatic heterocycles. The molecule has 0 spiro atoms. The lowest BCUT2D eigenvalue weighted by Crippen LogP contribution is -2.30. The van der Waals surface area contributed by atoms with E-state index in [-0.39, 0.29) is 5.91 Å². The molecule has 0 saturated carbocycles. The molecule has 0 aliphatic heterocycles. The van der Waals surface area contributed by atoms with Gasteiger partial charge in [0.25, 0.3) is 5.91 Å². The molecular formula is C19H19Cl2NO2. The van der Waals surface area contributed by atoms with Gasteiger partial charge in [0, 0.05) is 0 Å². The van der Waals surface area contributed by atoms with E-state index in [2.05, 4.69) is 11.4 Å². The third kappa shape index (κ3) is 3.85. The van der Waals surface area contributed by atoms with Crippen LogP contribution in [0.2, 0.25) is 10.0 Å². The van der Waals surface area contributed by atoms with Crippen LogP contribution in [-0.2, 0) is 17.6 Å². The van der Waals surface area contributed by atoms with Crippen molar-refractivity contribution in [3.8, 4) is 5.75 Å². The Morgan fingerprint density at radius 1 is 1.12 bits per heavy atom. The smallest absolute Gasteiger partial charge is 0.265 e. The van der Waals surface area contributed by atoms with Crippen molar-refractivity contribution in [1.82, 2.24) is 0 Å². The van der Waals surface area contributed by atoms with Gasteiger partial charge in [-0.25, -0.2) is 0 Å². The molecule has 0 saturated heterocycles. The first-order valence-electron chi connectivity index (χ1n) is 8.08. The number of anilines is 1. The third-order valence-corrected chi connectivity index (χ3v) is 5.03. The summed E-state index contributed by atoms with van der Waals surface area (Å²) in [5.41, 5.74) is 3.19. The van der Waals surface area contributed by atoms with Gasteiger partial charge in [0.1, 0.15) is 5.75 Å². The number of hydrogen-bond acceptors (Lipinski definition) is 2. The van der Waals surface area contributed by atoms with Crippen LogP contribution in [0.15, 0.2) is 36.4 Å². The number of amides is 1. The number of carbonyl (C=O) groups excluding carboxylic acids is 1. The maximum atomic E-state index is 12.3. The van der Waals surface area contributed by atoms with E-state index in [0.29, 0.717) is 15.7 Å². The number of fused-ring (bicyclic) bond motifs is 1. The van der Waals surface area contributed by atoms with Crippen LogP contribution in [0.1, 0.15) is 30.9 Å². The van der Waals surface area contributed by atoms with E-state index in [1.165, 1.54) is 24.0 Å². The first-order chi connectivity index (χ1) is 11.5. The quantitative estimate of drug-likeness (QED) is 0.802. The van der Waals surface area contributed by atoms with Gasteiger partial charge in [-0.1, -0.05) is 35.3 Å². The van der Waals surface area contributed by atoms with Crippen molar-refractivity contribution in [2.24, 2.45) is 0 Å². The zero-order valence-corrected chi connectivity index (χ0v) is 15.0. The monoisotopic (exact) mass is 363 g/mol. The lowest BCUT2D eigenvalue weighted by molar-refractivity contribution is -0.122. The number of nitrogens with one attached hydrogen (secondary N) is 1. The number of halogens is 2. The van der Waals surface area contributed by atoms with Crippen LogP contribution < -0.4 is 10.1 Å². The van der Waals surface area contributed by atoms with E-state index >= 15 is 0 Å². The van der Waals surface area contributed by atoms with Crippen molar-refractivity contribution < 1.29 is 9.53 Å². The first-order valence-corrected chi connectivity index (χ1v) is 8.83. The Morgan fingerprint density at radius 2 is 1.88 bits per heavy atom. The molecule has 126 valence electrons. The molecule has 2 aromatic carbocycles. The van der Waals surface area contributed by atoms with E-state index in [1.807, 2.05) is 12.1 Å². The molecule has 0 bridgehead atoms. The molecule has 0 heterocycles. The second-order valence-corrected chi connectivity index (χ2v) is 6.77. The molecule has 1 N–H and O–H groups in total. The zero-order valence-electron chi connectivity index (χ0n) is 13.4. The summed E-state index contributed by atoms with van der Waals surface area (Å²) in [6.07, 6.45) is 4.01. The lowest BCUT2D eigenvalue weighted by atomic mass is 9.92. The van der Waals surface area contributed by atoms with Gasteiger partial charge in [-0.15, -0.1) is 0 Å². The van der Waals surface area contributed by atoms with Crippen LogP contribution in [0, 0.1) is 0 Å². The third-order valence-electron chi connectivity index (χ3n) is 4.21. The topological polar surface area (TPSA) is 38.3 Å². The minimum absolute atomic E-state index is 0.267. The summed E-state index contributed by atoms with van der Waals surface area (Å²) >= 11 is 12.1. The summed E-state index contributed by atoms with van der Waals surface area (Å²) in [4.78, 5) is 12.3. The molecule has 24 heavy (non-hydrogen) atoms. The largest absolute Gasteiger partial charge is 0.481 e. The normalized spacial score (nSPS) is 14.6. The van der Waals surface area contributed by atoms with E-state index in [4.69, 9.17) is 27.9 Å². The Hall–Kier alpha value is -1.71. The Morgan fingerprint density at radius 3 is 2.67 bits per heavy atom. The maximum absolute atomic E-state index is 12.3. The molecule has 1 amide bonds. The minimum Gasteiger partial charge on any atom is -0.481 e. The standard InChI is InChI=1S/C19H19Cl2NO2/c1-12(19(23)22-17-8-4-7-16(20)18(17)21)24-15-10-9-13-5-2-3-6-14(13)11-15/h4,7-12H,2-3,5-6H2,1H3,(H,22,23). The van der Waals surface area contributed by atoms with Crippen molar-refractivity contribution >= 4 is 34.8 Å². The highest BCUT2D eigenvalue weighted by Gasteiger charge is 2.18. The number of rotatable bonds is 4. The summed E-state index contributed by atoms with van der Waals surface area (Å²) in [6.45, 7) is 1.72. The van der Waals surface area contributed by atoms with Gasteiger partial charge in [0.05, 0.1) is 15.7 Å². The number of benzene rings is 2. The van der Waals surface area contributed by atoms with E-state index in [0.717, 1.165) is 18.6 Å². The summed E-state index contributed by atoms with van der Waals surface area (Å²) in [7, 11) is 0. The molecule has 1 aliphatic carbocycles. The molecule has 5 heteroatoms. The van der Waals surface area contributed by atoms with Gasteiger partial charge >= 0.3 is 0 Å². The molecule has 1 unspecified atom stereocenters. The predicted octanol–water partition coefficient (Wildman–Crippen LogP) is 5.28. The van der Waals surface area contributed by atoms with Crippen LogP contribution in [0.3, 0.4) is 0 Å². The highest BCUT2D eigenvalue weighted by atomic mass is 35.5. The fraction of sp³-hybridized carbons (Fsp3) is 0.316. The summed E-state index contributed by atoms with van der Waals surface area (Å²) < 4.78 is 5.80. The van der Waals surface area contributed by atoms with Gasteiger partial charge in [0.2, 0.25) is 0 Å². The second-order valence-electron chi connectivity index (χ2n) is 5.99. The fourth-order valence-corrected chi connectivity index (χ4v) is 3.22. The molecule has 3 nitrogen and oxygen atoms in total. The Balaban J connectivity index is 1.67. The summed E-state index contributed by atoms with van der Waals surface area (Å²) in [6, 6.07) is 11.2. The molecular weight excluding hydrogens is 345 g/mol. The van der Waals surface area contributed by atoms with Crippen molar-refractivity contribution in [2.45, 2.75) is 38.7 Å². The van der Waals surface area contributed by atoms with Gasteiger partial charge in [-0.3, -0.25) is 4.79 Å². The summed E-state index contributed by atoms with van der Waals surface area (Å²) in [5, 5.41) is 3.48. The highest BCUT2D eigenvalue weighted by Crippen LogP contribution is 2.30. The number of ether oxygens (including phenoxy) is 1. The van der Waals surface area contributed by atoms with Crippen LogP contribution in [0.25, 0.3) is 0 Å². The van der Waals surface area contributed by atoms with Crippen LogP contribution in [0.5, 0.6) is 5.75 Å². The van der Waals surface area contributed by atoms with Gasteiger partial charge in [-0.05, 0) is 68.0 Å². The average molecular weight is 364 g/mol. The highest BCUT2D eigenvalue weighted by molar-refractivity contribution is 6.44. The fourth-order valence-electron chi connectivity index (χ4n) is 2.88. The average Bonchev–Trinajstić information content (AvgIpc) is 2.58. The Bertz CT molecular complexity index is 761. The Labute approximate surface area is 151 Å². The predicted molar refractivity (Wildman–Crippen MR) is 98.3 cm³/mol. The maximum Gasteiger partial charge on any atom is 0.265 e. The van der Waals surface area contributed by atoms with Crippen molar-refractivity contribution in [2.75, 3.05) is 5.32 Å². The molecule has 2 aromatic rings. The minimum atomic E-state index is -0.637. The zero-order chi connectivity index (χ0) is 17.1. The first kappa shape index (κ1) is 17.1. The van der Waals surface area contributed by atoms with Gasteiger partial charge in [-0.2, -0.15) is 0 Å². The molecule has 0 radical (unpaired) electrons. The molecule has 1 aliphatic rings. The SMILES string of the molecule is CC(Oc1ccc2c(c1)CCCC2)C(=O)Nc1cccc(Cl)c1Cl. The number of hydrogen-bond donors (Lipinski definition) is 1. The Kier molecular flexibility index (Phi) is 5.32. The van der Waals surface area contributed by atoms with Crippen LogP contribution >= 0.6 is 23.2 Å². The van der Waals surface area contributed by atoms with Crippen molar-refractivity contribution in [3.63, 3.8) is 0 Å². The lowest BCUT2D eigenvalue weighted by Gasteiger charge is -2.19. The van der Waals surface area contributed by atoms with Crippen LogP contribution in [-0.4, -0.2) is 12.0 Å². The van der Waals surface area contributed by atoms with Crippen LogP contribution in [0.4, 0.5) is 5.69 Å². The van der Waals surface area contributed by atoms with E-state index in [1.54, 1.807) is 25.1 Å². The van der Waals surface area contributed by atoms with Crippen molar-refractivity contribution in [1.29, 1.82) is 0 Å². The number of carbonyl (C=O) groups is 1. The van der Waals surface area contributed by atoms with E-state index in [9.17, 15) is 4.79 Å². The summed E-state index contributed by atoms with van der Waals surface area (Å²) in [5.74, 6) is 0.451. The van der Waals surface area contributed by atoms with E-state index < -0.39 is 6.10 Å². The number of aryl methyl sites for hydroxylation is 2. The van der Waals surface area contributed by atoms with Gasteiger partial charge in [0.15, 0.2) is 6.10 Å². The van der Waals surface area contributed by atoms with Gasteiger partial charge < -0.3 is 10.1 Å². The van der Waals surface area contributed by atoms with Crippen molar-refractivity contribution in [3.05, 3.63) is 57.6 Å². The second kappa shape index (κ2) is 7.45. The molecule has 0 fully saturated rings. The molecule has 3 rings (SSSR count).